The Bertz CT molecular complexity index is 549. The van der Waals surface area contributed by atoms with Crippen molar-refractivity contribution in [2.24, 2.45) is 5.92 Å². The van der Waals surface area contributed by atoms with Gasteiger partial charge in [-0.05, 0) is 19.8 Å². The number of anilines is 1. The van der Waals surface area contributed by atoms with Crippen LogP contribution in [0.3, 0.4) is 0 Å². The first-order valence-corrected chi connectivity index (χ1v) is 6.68. The number of carboxylic acids is 1. The number of hydrogen-bond donors (Lipinski definition) is 2. The van der Waals surface area contributed by atoms with Crippen molar-refractivity contribution in [3.05, 3.63) is 11.8 Å². The molecule has 1 saturated heterocycles. The first-order valence-electron chi connectivity index (χ1n) is 6.68. The Hall–Kier alpha value is -2.38. The minimum atomic E-state index is -0.874. The van der Waals surface area contributed by atoms with E-state index in [9.17, 15) is 9.59 Å². The Morgan fingerprint density at radius 3 is 2.90 bits per heavy atom. The first-order chi connectivity index (χ1) is 9.99. The molecule has 2 rings (SSSR count). The normalized spacial score (nSPS) is 18.2. The van der Waals surface area contributed by atoms with Gasteiger partial charge in [-0.2, -0.15) is 4.98 Å². The third kappa shape index (κ3) is 3.80. The van der Waals surface area contributed by atoms with Crippen LogP contribution in [0, 0.1) is 12.8 Å². The maximum atomic E-state index is 12.1. The fourth-order valence-corrected chi connectivity index (χ4v) is 2.24. The Morgan fingerprint density at radius 2 is 2.24 bits per heavy atom. The second-order valence-corrected chi connectivity index (χ2v) is 4.93. The van der Waals surface area contributed by atoms with Crippen LogP contribution in [0.25, 0.3) is 0 Å². The molecule has 1 aromatic heterocycles. The molecule has 2 heterocycles. The molecule has 0 radical (unpaired) electrons. The number of urea groups is 1. The summed E-state index contributed by atoms with van der Waals surface area (Å²) >= 11 is 0. The number of likely N-dealkylation sites (tertiary alicyclic amines) is 1. The molecule has 1 aliphatic rings. The largest absolute Gasteiger partial charge is 0.481 e. The fraction of sp³-hybridized carbons (Fsp3) is 0.538. The molecule has 0 unspecified atom stereocenters. The quantitative estimate of drug-likeness (QED) is 0.865. The Kier molecular flexibility index (Phi) is 4.56. The molecular formula is C13H18N4O4. The maximum absolute atomic E-state index is 12.1. The number of carbonyl (C=O) groups excluding carboxylic acids is 1. The minimum Gasteiger partial charge on any atom is -0.481 e. The van der Waals surface area contributed by atoms with E-state index in [0.717, 1.165) is 0 Å². The lowest BCUT2D eigenvalue weighted by Gasteiger charge is -2.30. The number of carbonyl (C=O) groups is 2. The van der Waals surface area contributed by atoms with Gasteiger partial charge in [-0.15, -0.1) is 0 Å². The van der Waals surface area contributed by atoms with Crippen LogP contribution >= 0.6 is 0 Å². The van der Waals surface area contributed by atoms with Crippen LogP contribution < -0.4 is 10.1 Å². The topological polar surface area (TPSA) is 105 Å². The van der Waals surface area contributed by atoms with E-state index < -0.39 is 17.9 Å². The number of methoxy groups -OCH3 is 1. The van der Waals surface area contributed by atoms with Gasteiger partial charge in [-0.1, -0.05) is 0 Å². The van der Waals surface area contributed by atoms with E-state index in [1.54, 1.807) is 13.0 Å². The summed E-state index contributed by atoms with van der Waals surface area (Å²) in [5.41, 5.74) is 0.666. The molecular weight excluding hydrogens is 276 g/mol. The number of carboxylic acid groups (broad SMARTS) is 1. The molecule has 114 valence electrons. The highest BCUT2D eigenvalue weighted by atomic mass is 16.5. The van der Waals surface area contributed by atoms with Crippen molar-refractivity contribution in [1.29, 1.82) is 0 Å². The van der Waals surface area contributed by atoms with Gasteiger partial charge >= 0.3 is 12.0 Å². The van der Waals surface area contributed by atoms with E-state index in [0.29, 0.717) is 31.0 Å². The van der Waals surface area contributed by atoms with Crippen LogP contribution in [0.1, 0.15) is 18.5 Å². The van der Waals surface area contributed by atoms with E-state index in [2.05, 4.69) is 15.3 Å². The number of ether oxygens (including phenoxy) is 1. The van der Waals surface area contributed by atoms with E-state index in [1.807, 2.05) is 0 Å². The van der Waals surface area contributed by atoms with E-state index in [4.69, 9.17) is 9.84 Å². The summed E-state index contributed by atoms with van der Waals surface area (Å²) < 4.78 is 5.02. The Labute approximate surface area is 122 Å². The molecule has 0 bridgehead atoms. The van der Waals surface area contributed by atoms with Gasteiger partial charge in [-0.3, -0.25) is 10.1 Å². The standard InChI is InChI=1S/C13H18N4O4/c1-8-6-10(21-2)15-12(14-8)16-13(20)17-5-3-4-9(7-17)11(18)19/h6,9H,3-5,7H2,1-2H3,(H,18,19)(H,14,15,16,20)/t9-/m1/s1. The fourth-order valence-electron chi connectivity index (χ4n) is 2.24. The number of aliphatic carboxylic acids is 1. The highest BCUT2D eigenvalue weighted by Gasteiger charge is 2.28. The number of nitrogens with one attached hydrogen (secondary N) is 1. The average molecular weight is 294 g/mol. The molecule has 1 fully saturated rings. The molecule has 0 spiro atoms. The zero-order valence-corrected chi connectivity index (χ0v) is 12.0. The number of aryl methyl sites for hydroxylation is 1. The second-order valence-electron chi connectivity index (χ2n) is 4.93. The minimum absolute atomic E-state index is 0.147. The molecule has 1 aromatic rings. The van der Waals surface area contributed by atoms with Crippen molar-refractivity contribution in [1.82, 2.24) is 14.9 Å². The molecule has 21 heavy (non-hydrogen) atoms. The van der Waals surface area contributed by atoms with Crippen molar-refractivity contribution in [2.75, 3.05) is 25.5 Å². The number of aromatic nitrogens is 2. The van der Waals surface area contributed by atoms with E-state index >= 15 is 0 Å². The van der Waals surface area contributed by atoms with Gasteiger partial charge in [-0.25, -0.2) is 9.78 Å². The van der Waals surface area contributed by atoms with Crippen LogP contribution in [-0.2, 0) is 4.79 Å². The van der Waals surface area contributed by atoms with Crippen molar-refractivity contribution >= 4 is 17.9 Å². The van der Waals surface area contributed by atoms with Crippen molar-refractivity contribution in [2.45, 2.75) is 19.8 Å². The zero-order chi connectivity index (χ0) is 15.4. The molecule has 0 aromatic carbocycles. The van der Waals surface area contributed by atoms with Crippen LogP contribution in [0.2, 0.25) is 0 Å². The summed E-state index contributed by atoms with van der Waals surface area (Å²) in [5, 5.41) is 11.6. The monoisotopic (exact) mass is 294 g/mol. The average Bonchev–Trinajstić information content (AvgIpc) is 2.46. The van der Waals surface area contributed by atoms with Gasteiger partial charge in [0.05, 0.1) is 13.0 Å². The number of hydrogen-bond acceptors (Lipinski definition) is 5. The smallest absolute Gasteiger partial charge is 0.324 e. The van der Waals surface area contributed by atoms with E-state index in [-0.39, 0.29) is 12.5 Å². The molecule has 1 aliphatic heterocycles. The lowest BCUT2D eigenvalue weighted by molar-refractivity contribution is -0.143. The lowest BCUT2D eigenvalue weighted by Crippen LogP contribution is -2.44. The van der Waals surface area contributed by atoms with Crippen LogP contribution in [0.5, 0.6) is 5.88 Å². The van der Waals surface area contributed by atoms with E-state index in [1.165, 1.54) is 12.0 Å². The van der Waals surface area contributed by atoms with Crippen LogP contribution in [0.4, 0.5) is 10.7 Å². The number of nitrogens with zero attached hydrogens (tertiary/aromatic N) is 3. The summed E-state index contributed by atoms with van der Waals surface area (Å²) in [6.45, 7) is 2.49. The molecule has 8 nitrogen and oxygen atoms in total. The molecule has 2 amide bonds. The third-order valence-electron chi connectivity index (χ3n) is 3.32. The number of rotatable bonds is 3. The Morgan fingerprint density at radius 1 is 1.48 bits per heavy atom. The highest BCUT2D eigenvalue weighted by Crippen LogP contribution is 2.18. The molecule has 1 atom stereocenters. The van der Waals surface area contributed by atoms with Gasteiger partial charge in [0.1, 0.15) is 0 Å². The van der Waals surface area contributed by atoms with Gasteiger partial charge in [0.25, 0.3) is 0 Å². The summed E-state index contributed by atoms with van der Waals surface area (Å²) in [6, 6.07) is 1.25. The van der Waals surface area contributed by atoms with Crippen LogP contribution in [0.15, 0.2) is 6.07 Å². The van der Waals surface area contributed by atoms with Crippen molar-refractivity contribution in [3.63, 3.8) is 0 Å². The van der Waals surface area contributed by atoms with Crippen LogP contribution in [-0.4, -0.2) is 52.2 Å². The van der Waals surface area contributed by atoms with Gasteiger partial charge in [0, 0.05) is 24.8 Å². The third-order valence-corrected chi connectivity index (χ3v) is 3.32. The highest BCUT2D eigenvalue weighted by molar-refractivity contribution is 5.88. The summed E-state index contributed by atoms with van der Waals surface area (Å²) in [4.78, 5) is 32.8. The molecule has 8 heteroatoms. The number of amides is 2. The second kappa shape index (κ2) is 6.38. The lowest BCUT2D eigenvalue weighted by atomic mass is 9.99. The summed E-state index contributed by atoms with van der Waals surface area (Å²) in [7, 11) is 1.48. The van der Waals surface area contributed by atoms with Crippen molar-refractivity contribution < 1.29 is 19.4 Å². The predicted molar refractivity (Wildman–Crippen MR) is 74.3 cm³/mol. The van der Waals surface area contributed by atoms with Gasteiger partial charge in [0.2, 0.25) is 11.8 Å². The van der Waals surface area contributed by atoms with Crippen molar-refractivity contribution in [3.8, 4) is 5.88 Å². The maximum Gasteiger partial charge on any atom is 0.324 e. The van der Waals surface area contributed by atoms with Gasteiger partial charge in [0.15, 0.2) is 0 Å². The summed E-state index contributed by atoms with van der Waals surface area (Å²) in [6.07, 6.45) is 1.26. The molecule has 0 saturated carbocycles. The SMILES string of the molecule is COc1cc(C)nc(NC(=O)N2CCC[C@@H](C(=O)O)C2)n1. The molecule has 2 N–H and O–H groups in total. The zero-order valence-electron chi connectivity index (χ0n) is 12.0. The summed E-state index contributed by atoms with van der Waals surface area (Å²) in [5.74, 6) is -0.882. The Balaban J connectivity index is 2.04. The first kappa shape index (κ1) is 15.0. The molecule has 0 aliphatic carbocycles. The predicted octanol–water partition coefficient (Wildman–Crippen LogP) is 1.12. The van der Waals surface area contributed by atoms with Gasteiger partial charge < -0.3 is 14.7 Å². The number of piperidine rings is 1.